The second kappa shape index (κ2) is 9.84. The third kappa shape index (κ3) is 5.35. The smallest absolute Gasteiger partial charge is 0.223 e. The number of benzene rings is 1. The van der Waals surface area contributed by atoms with Crippen LogP contribution in [0.5, 0.6) is 5.75 Å². The van der Waals surface area contributed by atoms with Crippen LogP contribution in [-0.2, 0) is 23.0 Å². The van der Waals surface area contributed by atoms with Crippen molar-refractivity contribution in [1.29, 1.82) is 0 Å². The minimum atomic E-state index is -0.167. The van der Waals surface area contributed by atoms with Crippen molar-refractivity contribution < 1.29 is 14.3 Å². The monoisotopic (exact) mass is 431 g/mol. The first-order valence-electron chi connectivity index (χ1n) is 10.9. The standard InChI is InChI=1S/C23H30ClN3O3/c1-26-19(9-11-29-20-8-4-7-18(24)14-20)15-21(25-26)22-16-27(10-12-30-22)23(28)13-17-5-2-3-6-17/h4,7-8,14-15,17,22H,2-3,5-6,9-13,16H2,1H3. The van der Waals surface area contributed by atoms with Crippen LogP contribution in [0.25, 0.3) is 0 Å². The summed E-state index contributed by atoms with van der Waals surface area (Å²) in [5, 5.41) is 5.31. The molecule has 2 fully saturated rings. The number of halogens is 1. The molecule has 4 rings (SSSR count). The van der Waals surface area contributed by atoms with Crippen LogP contribution in [-0.4, -0.2) is 46.9 Å². The molecule has 162 valence electrons. The fraction of sp³-hybridized carbons (Fsp3) is 0.565. The summed E-state index contributed by atoms with van der Waals surface area (Å²) >= 11 is 6.00. The van der Waals surface area contributed by atoms with Crippen LogP contribution < -0.4 is 4.74 Å². The van der Waals surface area contributed by atoms with Crippen LogP contribution in [0.15, 0.2) is 30.3 Å². The Balaban J connectivity index is 1.31. The van der Waals surface area contributed by atoms with E-state index in [4.69, 9.17) is 21.1 Å². The van der Waals surface area contributed by atoms with E-state index in [2.05, 4.69) is 11.2 Å². The van der Waals surface area contributed by atoms with Gasteiger partial charge in [-0.2, -0.15) is 5.10 Å². The van der Waals surface area contributed by atoms with Gasteiger partial charge in [0.25, 0.3) is 0 Å². The number of morpholine rings is 1. The van der Waals surface area contributed by atoms with Crippen LogP contribution in [0.2, 0.25) is 5.02 Å². The van der Waals surface area contributed by atoms with Crippen LogP contribution in [0.3, 0.4) is 0 Å². The van der Waals surface area contributed by atoms with Crippen LogP contribution in [0.4, 0.5) is 0 Å². The summed E-state index contributed by atoms with van der Waals surface area (Å²) in [6.45, 7) is 2.36. The minimum Gasteiger partial charge on any atom is -0.493 e. The molecule has 1 saturated heterocycles. The summed E-state index contributed by atoms with van der Waals surface area (Å²) in [6.07, 6.45) is 6.16. The molecule has 2 aliphatic rings. The van der Waals surface area contributed by atoms with E-state index in [-0.39, 0.29) is 12.0 Å². The predicted molar refractivity (Wildman–Crippen MR) is 116 cm³/mol. The molecule has 0 spiro atoms. The maximum atomic E-state index is 12.7. The average molecular weight is 432 g/mol. The first-order valence-corrected chi connectivity index (χ1v) is 11.3. The Morgan fingerprint density at radius 2 is 2.13 bits per heavy atom. The molecule has 1 unspecified atom stereocenters. The van der Waals surface area contributed by atoms with E-state index >= 15 is 0 Å². The molecule has 0 radical (unpaired) electrons. The Bertz CT molecular complexity index is 863. The molecule has 1 amide bonds. The highest BCUT2D eigenvalue weighted by molar-refractivity contribution is 6.30. The maximum absolute atomic E-state index is 12.7. The zero-order chi connectivity index (χ0) is 20.9. The van der Waals surface area contributed by atoms with E-state index < -0.39 is 0 Å². The number of hydrogen-bond acceptors (Lipinski definition) is 4. The largest absolute Gasteiger partial charge is 0.493 e. The van der Waals surface area contributed by atoms with Crippen molar-refractivity contribution in [3.63, 3.8) is 0 Å². The van der Waals surface area contributed by atoms with E-state index in [0.717, 1.165) is 23.6 Å². The molecule has 1 atom stereocenters. The number of ether oxygens (including phenoxy) is 2. The number of aryl methyl sites for hydroxylation is 1. The van der Waals surface area contributed by atoms with Crippen LogP contribution >= 0.6 is 11.6 Å². The van der Waals surface area contributed by atoms with Gasteiger partial charge in [-0.15, -0.1) is 0 Å². The summed E-state index contributed by atoms with van der Waals surface area (Å²) in [6, 6.07) is 9.47. The molecule has 1 aliphatic heterocycles. The third-order valence-electron chi connectivity index (χ3n) is 6.11. The van der Waals surface area contributed by atoms with Crippen molar-refractivity contribution in [1.82, 2.24) is 14.7 Å². The van der Waals surface area contributed by atoms with Crippen molar-refractivity contribution in [3.8, 4) is 5.75 Å². The SMILES string of the molecule is Cn1nc(C2CN(C(=O)CC3CCCC3)CCO2)cc1CCOc1cccc(Cl)c1. The average Bonchev–Trinajstić information content (AvgIpc) is 3.38. The molecule has 1 aromatic heterocycles. The predicted octanol–water partition coefficient (Wildman–Crippen LogP) is 4.18. The molecule has 1 aliphatic carbocycles. The molecule has 0 bridgehead atoms. The van der Waals surface area contributed by atoms with Crippen molar-refractivity contribution in [2.24, 2.45) is 13.0 Å². The number of carbonyl (C=O) groups is 1. The van der Waals surface area contributed by atoms with Gasteiger partial charge >= 0.3 is 0 Å². The lowest BCUT2D eigenvalue weighted by atomic mass is 10.0. The molecule has 2 aromatic rings. The third-order valence-corrected chi connectivity index (χ3v) is 6.34. The lowest BCUT2D eigenvalue weighted by Crippen LogP contribution is -2.42. The van der Waals surface area contributed by atoms with Crippen molar-refractivity contribution in [3.05, 3.63) is 46.7 Å². The molecule has 30 heavy (non-hydrogen) atoms. The maximum Gasteiger partial charge on any atom is 0.223 e. The first-order chi connectivity index (χ1) is 14.6. The van der Waals surface area contributed by atoms with E-state index in [9.17, 15) is 4.79 Å². The van der Waals surface area contributed by atoms with Crippen molar-refractivity contribution >= 4 is 17.5 Å². The zero-order valence-corrected chi connectivity index (χ0v) is 18.3. The second-order valence-corrected chi connectivity index (χ2v) is 8.73. The molecule has 6 nitrogen and oxygen atoms in total. The van der Waals surface area contributed by atoms with Gasteiger partial charge in [0, 0.05) is 37.2 Å². The topological polar surface area (TPSA) is 56.6 Å². The fourth-order valence-electron chi connectivity index (χ4n) is 4.40. The van der Waals surface area contributed by atoms with Gasteiger partial charge in [-0.3, -0.25) is 9.48 Å². The number of carbonyl (C=O) groups excluding carboxylic acids is 1. The lowest BCUT2D eigenvalue weighted by molar-refractivity contribution is -0.140. The van der Waals surface area contributed by atoms with E-state index in [1.165, 1.54) is 25.7 Å². The molecule has 7 heteroatoms. The van der Waals surface area contributed by atoms with E-state index in [0.29, 0.717) is 43.7 Å². The highest BCUT2D eigenvalue weighted by atomic mass is 35.5. The van der Waals surface area contributed by atoms with E-state index in [1.807, 2.05) is 40.9 Å². The number of nitrogens with zero attached hydrogens (tertiary/aromatic N) is 3. The molecular formula is C23H30ClN3O3. The van der Waals surface area contributed by atoms with E-state index in [1.54, 1.807) is 0 Å². The van der Waals surface area contributed by atoms with Crippen LogP contribution in [0, 0.1) is 5.92 Å². The Hall–Kier alpha value is -2.05. The zero-order valence-electron chi connectivity index (χ0n) is 17.6. The molecule has 0 N–H and O–H groups in total. The molecule has 1 saturated carbocycles. The number of hydrogen-bond donors (Lipinski definition) is 0. The quantitative estimate of drug-likeness (QED) is 0.660. The Morgan fingerprint density at radius 3 is 2.93 bits per heavy atom. The summed E-state index contributed by atoms with van der Waals surface area (Å²) in [4.78, 5) is 14.7. The van der Waals surface area contributed by atoms with Gasteiger partial charge in [0.15, 0.2) is 0 Å². The number of amides is 1. The second-order valence-electron chi connectivity index (χ2n) is 8.29. The summed E-state index contributed by atoms with van der Waals surface area (Å²) in [7, 11) is 1.93. The Labute approximate surface area is 183 Å². The van der Waals surface area contributed by atoms with Gasteiger partial charge in [-0.05, 0) is 43.0 Å². The number of aromatic nitrogens is 2. The summed E-state index contributed by atoms with van der Waals surface area (Å²) < 4.78 is 13.6. The van der Waals surface area contributed by atoms with Gasteiger partial charge in [0.2, 0.25) is 5.91 Å². The summed E-state index contributed by atoms with van der Waals surface area (Å²) in [5.41, 5.74) is 1.96. The van der Waals surface area contributed by atoms with Gasteiger partial charge < -0.3 is 14.4 Å². The van der Waals surface area contributed by atoms with Crippen molar-refractivity contribution in [2.45, 2.75) is 44.6 Å². The highest BCUT2D eigenvalue weighted by Crippen LogP contribution is 2.29. The lowest BCUT2D eigenvalue weighted by Gasteiger charge is -2.32. The van der Waals surface area contributed by atoms with Gasteiger partial charge in [-0.1, -0.05) is 30.5 Å². The fourth-order valence-corrected chi connectivity index (χ4v) is 4.58. The molecule has 1 aromatic carbocycles. The minimum absolute atomic E-state index is 0.167. The van der Waals surface area contributed by atoms with Crippen molar-refractivity contribution in [2.75, 3.05) is 26.3 Å². The summed E-state index contributed by atoms with van der Waals surface area (Å²) in [5.74, 6) is 1.60. The molecule has 2 heterocycles. The first kappa shape index (κ1) is 21.2. The normalized spacial score (nSPS) is 19.9. The number of rotatable bonds is 7. The van der Waals surface area contributed by atoms with Gasteiger partial charge in [0.1, 0.15) is 11.9 Å². The molecular weight excluding hydrogens is 402 g/mol. The van der Waals surface area contributed by atoms with Gasteiger partial charge in [0.05, 0.1) is 25.5 Å². The highest BCUT2D eigenvalue weighted by Gasteiger charge is 2.29. The Kier molecular flexibility index (Phi) is 6.95. The Morgan fingerprint density at radius 1 is 1.30 bits per heavy atom. The van der Waals surface area contributed by atoms with Gasteiger partial charge in [-0.25, -0.2) is 0 Å². The van der Waals surface area contributed by atoms with Crippen LogP contribution in [0.1, 0.15) is 49.6 Å².